The molecule has 4 nitrogen and oxygen atoms in total. The van der Waals surface area contributed by atoms with Crippen LogP contribution < -0.4 is 5.73 Å². The Bertz CT molecular complexity index is 757. The van der Waals surface area contributed by atoms with Gasteiger partial charge in [-0.3, -0.25) is 4.40 Å². The van der Waals surface area contributed by atoms with Crippen LogP contribution >= 0.6 is 11.8 Å². The summed E-state index contributed by atoms with van der Waals surface area (Å²) in [6.07, 6.45) is 1.74. The highest BCUT2D eigenvalue weighted by Crippen LogP contribution is 2.34. The molecule has 0 aliphatic rings. The second kappa shape index (κ2) is 4.51. The maximum absolute atomic E-state index is 13.7. The van der Waals surface area contributed by atoms with Crippen molar-refractivity contribution in [3.05, 3.63) is 48.2 Å². The van der Waals surface area contributed by atoms with Crippen LogP contribution in [0, 0.1) is 11.6 Å². The minimum atomic E-state index is -0.974. The predicted molar refractivity (Wildman–Crippen MR) is 67.9 cm³/mol. The molecule has 0 radical (unpaired) electrons. The van der Waals surface area contributed by atoms with Gasteiger partial charge in [0.1, 0.15) is 0 Å². The van der Waals surface area contributed by atoms with Gasteiger partial charge in [-0.2, -0.15) is 0 Å². The van der Waals surface area contributed by atoms with Gasteiger partial charge in [0, 0.05) is 11.9 Å². The Morgan fingerprint density at radius 1 is 1.11 bits per heavy atom. The van der Waals surface area contributed by atoms with Crippen LogP contribution in [0.2, 0.25) is 0 Å². The molecule has 2 aromatic heterocycles. The number of anilines is 1. The molecule has 0 unspecified atom stereocenters. The van der Waals surface area contributed by atoms with Crippen LogP contribution in [0.3, 0.4) is 0 Å². The molecule has 2 heterocycles. The van der Waals surface area contributed by atoms with E-state index in [0.717, 1.165) is 17.8 Å². The Kier molecular flexibility index (Phi) is 2.83. The summed E-state index contributed by atoms with van der Waals surface area (Å²) in [6.45, 7) is 0. The van der Waals surface area contributed by atoms with Crippen LogP contribution in [0.5, 0.6) is 0 Å². The summed E-state index contributed by atoms with van der Waals surface area (Å²) in [5.41, 5.74) is 6.45. The maximum atomic E-state index is 13.7. The van der Waals surface area contributed by atoms with Gasteiger partial charge in [0.15, 0.2) is 17.3 Å². The monoisotopic (exact) mass is 278 g/mol. The largest absolute Gasteiger partial charge is 0.398 e. The number of hydrogen-bond donors (Lipinski definition) is 1. The van der Waals surface area contributed by atoms with E-state index in [0.29, 0.717) is 10.8 Å². The second-order valence-electron chi connectivity index (χ2n) is 3.79. The number of pyridine rings is 1. The molecule has 0 amide bonds. The van der Waals surface area contributed by atoms with Crippen molar-refractivity contribution in [3.8, 4) is 0 Å². The van der Waals surface area contributed by atoms with E-state index in [1.165, 1.54) is 6.07 Å². The number of benzene rings is 1. The van der Waals surface area contributed by atoms with Crippen LogP contribution in [-0.2, 0) is 0 Å². The predicted octanol–water partition coefficient (Wildman–Crippen LogP) is 2.74. The number of fused-ring (bicyclic) bond motifs is 1. The molecule has 0 aliphatic heterocycles. The van der Waals surface area contributed by atoms with Crippen molar-refractivity contribution in [1.82, 2.24) is 14.6 Å². The van der Waals surface area contributed by atoms with Gasteiger partial charge in [-0.25, -0.2) is 8.78 Å². The van der Waals surface area contributed by atoms with Crippen molar-refractivity contribution in [1.29, 1.82) is 0 Å². The van der Waals surface area contributed by atoms with Crippen molar-refractivity contribution in [2.45, 2.75) is 10.1 Å². The molecule has 0 saturated carbocycles. The first kappa shape index (κ1) is 11.9. The van der Waals surface area contributed by atoms with Crippen LogP contribution in [0.1, 0.15) is 0 Å². The van der Waals surface area contributed by atoms with E-state index in [1.807, 2.05) is 6.07 Å². The van der Waals surface area contributed by atoms with Gasteiger partial charge in [-0.15, -0.1) is 10.2 Å². The minimum Gasteiger partial charge on any atom is -0.398 e. The lowest BCUT2D eigenvalue weighted by Gasteiger charge is -2.05. The summed E-state index contributed by atoms with van der Waals surface area (Å²) in [4.78, 5) is 0.0122. The Balaban J connectivity index is 2.09. The van der Waals surface area contributed by atoms with Gasteiger partial charge in [0.25, 0.3) is 0 Å². The Morgan fingerprint density at radius 2 is 1.95 bits per heavy atom. The molecule has 3 rings (SSSR count). The van der Waals surface area contributed by atoms with Gasteiger partial charge >= 0.3 is 0 Å². The van der Waals surface area contributed by atoms with Gasteiger partial charge in [-0.05, 0) is 36.0 Å². The fourth-order valence-electron chi connectivity index (χ4n) is 1.63. The number of rotatable bonds is 2. The van der Waals surface area contributed by atoms with Crippen molar-refractivity contribution < 1.29 is 8.78 Å². The third-order valence-electron chi connectivity index (χ3n) is 2.56. The third-order valence-corrected chi connectivity index (χ3v) is 3.64. The molecule has 0 saturated heterocycles. The second-order valence-corrected chi connectivity index (χ2v) is 4.77. The summed E-state index contributed by atoms with van der Waals surface area (Å²) in [5.74, 6) is -1.91. The Morgan fingerprint density at radius 3 is 2.79 bits per heavy atom. The van der Waals surface area contributed by atoms with Crippen LogP contribution in [0.25, 0.3) is 5.65 Å². The lowest BCUT2D eigenvalue weighted by atomic mass is 10.3. The third kappa shape index (κ3) is 2.01. The molecule has 0 spiro atoms. The highest BCUT2D eigenvalue weighted by molar-refractivity contribution is 7.99. The molecule has 2 N–H and O–H groups in total. The lowest BCUT2D eigenvalue weighted by molar-refractivity contribution is 0.492. The van der Waals surface area contributed by atoms with E-state index in [9.17, 15) is 8.78 Å². The smallest absolute Gasteiger partial charge is 0.200 e. The fraction of sp³-hybridized carbons (Fsp3) is 0. The molecule has 0 aliphatic carbocycles. The number of nitrogens with two attached hydrogens (primary N) is 1. The zero-order valence-corrected chi connectivity index (χ0v) is 10.4. The first-order chi connectivity index (χ1) is 9.16. The summed E-state index contributed by atoms with van der Waals surface area (Å²) < 4.78 is 28.6. The number of nitrogens with zero attached hydrogens (tertiary/aromatic N) is 3. The van der Waals surface area contributed by atoms with E-state index in [1.54, 1.807) is 22.7 Å². The molecular formula is C12H8F2N4S. The van der Waals surface area contributed by atoms with Crippen molar-refractivity contribution in [2.24, 2.45) is 0 Å². The zero-order valence-electron chi connectivity index (χ0n) is 9.55. The number of nitrogen functional groups attached to an aromatic ring is 1. The van der Waals surface area contributed by atoms with Gasteiger partial charge in [-0.1, -0.05) is 6.07 Å². The van der Waals surface area contributed by atoms with Gasteiger partial charge in [0.2, 0.25) is 5.16 Å². The van der Waals surface area contributed by atoms with Crippen LogP contribution in [0.15, 0.2) is 46.6 Å². The van der Waals surface area contributed by atoms with E-state index in [4.69, 9.17) is 5.73 Å². The fourth-order valence-corrected chi connectivity index (χ4v) is 2.52. The quantitative estimate of drug-likeness (QED) is 0.732. The first-order valence-electron chi connectivity index (χ1n) is 5.38. The molecule has 0 fully saturated rings. The summed E-state index contributed by atoms with van der Waals surface area (Å²) in [5, 5.41) is 8.29. The minimum absolute atomic E-state index is 0.0122. The van der Waals surface area contributed by atoms with E-state index < -0.39 is 11.6 Å². The number of aromatic nitrogens is 3. The molecular weight excluding hydrogens is 270 g/mol. The Hall–Kier alpha value is -2.15. The number of hydrogen-bond acceptors (Lipinski definition) is 4. The molecule has 19 heavy (non-hydrogen) atoms. The summed E-state index contributed by atoms with van der Waals surface area (Å²) in [7, 11) is 0. The van der Waals surface area contributed by atoms with Crippen LogP contribution in [-0.4, -0.2) is 14.6 Å². The summed E-state index contributed by atoms with van der Waals surface area (Å²) >= 11 is 0.941. The molecule has 3 aromatic rings. The van der Waals surface area contributed by atoms with Gasteiger partial charge < -0.3 is 5.73 Å². The molecule has 1 aromatic carbocycles. The van der Waals surface area contributed by atoms with Gasteiger partial charge in [0.05, 0.1) is 4.90 Å². The highest BCUT2D eigenvalue weighted by Gasteiger charge is 2.16. The van der Waals surface area contributed by atoms with Crippen molar-refractivity contribution in [2.75, 3.05) is 5.73 Å². The lowest BCUT2D eigenvalue weighted by Crippen LogP contribution is -1.96. The SMILES string of the molecule is Nc1ccc(F)c(F)c1Sc1nnc2ccccn12. The standard InChI is InChI=1S/C12H8F2N4S/c13-7-4-5-8(15)11(10(7)14)19-12-17-16-9-3-1-2-6-18(9)12/h1-6H,15H2. The molecule has 7 heteroatoms. The normalized spacial score (nSPS) is 11.1. The summed E-state index contributed by atoms with van der Waals surface area (Å²) in [6, 6.07) is 7.70. The zero-order chi connectivity index (χ0) is 13.4. The molecule has 0 bridgehead atoms. The average Bonchev–Trinajstić information content (AvgIpc) is 2.83. The van der Waals surface area contributed by atoms with E-state index in [-0.39, 0.29) is 10.6 Å². The topological polar surface area (TPSA) is 56.2 Å². The van der Waals surface area contributed by atoms with E-state index >= 15 is 0 Å². The Labute approximate surface area is 111 Å². The number of halogens is 2. The molecule has 96 valence electrons. The highest BCUT2D eigenvalue weighted by atomic mass is 32.2. The van der Waals surface area contributed by atoms with Crippen molar-refractivity contribution >= 4 is 23.1 Å². The van der Waals surface area contributed by atoms with Crippen molar-refractivity contribution in [3.63, 3.8) is 0 Å². The average molecular weight is 278 g/mol. The maximum Gasteiger partial charge on any atom is 0.200 e. The van der Waals surface area contributed by atoms with Crippen LogP contribution in [0.4, 0.5) is 14.5 Å². The first-order valence-corrected chi connectivity index (χ1v) is 6.19. The molecule has 0 atom stereocenters. The van der Waals surface area contributed by atoms with E-state index in [2.05, 4.69) is 10.2 Å².